The molecule has 1 aliphatic carbocycles. The molecule has 1 unspecified atom stereocenters. The number of hydrogen-bond donors (Lipinski definition) is 0. The number of nitrogens with zero attached hydrogens (tertiary/aromatic N) is 1. The second-order valence-electron chi connectivity index (χ2n) is 7.49. The summed E-state index contributed by atoms with van der Waals surface area (Å²) in [5, 5.41) is 0.816. The summed E-state index contributed by atoms with van der Waals surface area (Å²) >= 11 is 6.03. The van der Waals surface area contributed by atoms with E-state index in [0.29, 0.717) is 0 Å². The van der Waals surface area contributed by atoms with E-state index in [-0.39, 0.29) is 0 Å². The van der Waals surface area contributed by atoms with Gasteiger partial charge in [-0.05, 0) is 66.0 Å². The molecule has 0 radical (unpaired) electrons. The van der Waals surface area contributed by atoms with Crippen LogP contribution in [0.5, 0.6) is 0 Å². The molecular weight excluding hydrogens is 338 g/mol. The van der Waals surface area contributed by atoms with Crippen molar-refractivity contribution >= 4 is 22.7 Å². The average Bonchev–Trinajstić information content (AvgIpc) is 2.70. The van der Waals surface area contributed by atoms with Crippen LogP contribution in [0.1, 0.15) is 36.8 Å². The number of halogens is 1. The van der Waals surface area contributed by atoms with E-state index in [2.05, 4.69) is 59.5 Å². The highest BCUT2D eigenvalue weighted by Crippen LogP contribution is 2.32. The Hall–Kier alpha value is -1.83. The number of rotatable bonds is 4. The van der Waals surface area contributed by atoms with Crippen LogP contribution >= 0.6 is 11.6 Å². The summed E-state index contributed by atoms with van der Waals surface area (Å²) in [5.41, 5.74) is 5.73. The van der Waals surface area contributed by atoms with E-state index in [1.54, 1.807) is 0 Å². The van der Waals surface area contributed by atoms with Gasteiger partial charge in [0.2, 0.25) is 0 Å². The topological polar surface area (TPSA) is 3.24 Å². The van der Waals surface area contributed by atoms with Crippen molar-refractivity contribution in [2.45, 2.75) is 25.7 Å². The quantitative estimate of drug-likeness (QED) is 0.615. The monoisotopic (exact) mass is 363 g/mol. The Kier molecular flexibility index (Phi) is 5.57. The minimum absolute atomic E-state index is 0.761. The average molecular weight is 364 g/mol. The largest absolute Gasteiger partial charge is 0.299 e. The van der Waals surface area contributed by atoms with Gasteiger partial charge in [-0.15, -0.1) is 0 Å². The summed E-state index contributed by atoms with van der Waals surface area (Å²) in [6.45, 7) is 3.47. The molecule has 0 amide bonds. The van der Waals surface area contributed by atoms with Crippen LogP contribution in [0.15, 0.2) is 66.7 Å². The molecule has 1 nitrogen and oxygen atoms in total. The van der Waals surface area contributed by atoms with Crippen LogP contribution in [0.4, 0.5) is 0 Å². The highest BCUT2D eigenvalue weighted by Gasteiger charge is 2.21. The fourth-order valence-electron chi connectivity index (χ4n) is 4.20. The minimum Gasteiger partial charge on any atom is -0.299 e. The zero-order chi connectivity index (χ0) is 17.8. The molecule has 2 aliphatic rings. The third-order valence-electron chi connectivity index (χ3n) is 5.64. The minimum atomic E-state index is 0.761. The van der Waals surface area contributed by atoms with Crippen molar-refractivity contribution in [1.29, 1.82) is 0 Å². The summed E-state index contributed by atoms with van der Waals surface area (Å²) in [6.07, 6.45) is 9.70. The van der Waals surface area contributed by atoms with Gasteiger partial charge in [0, 0.05) is 24.7 Å². The van der Waals surface area contributed by atoms with E-state index in [1.165, 1.54) is 54.6 Å². The molecule has 0 fully saturated rings. The molecule has 1 heterocycles. The fraction of sp³-hybridized carbons (Fsp3) is 0.333. The van der Waals surface area contributed by atoms with Gasteiger partial charge in [0.1, 0.15) is 0 Å². The van der Waals surface area contributed by atoms with Gasteiger partial charge >= 0.3 is 0 Å². The van der Waals surface area contributed by atoms with Gasteiger partial charge in [0.05, 0.1) is 0 Å². The summed E-state index contributed by atoms with van der Waals surface area (Å²) in [7, 11) is 0. The van der Waals surface area contributed by atoms with Crippen molar-refractivity contribution in [2.24, 2.45) is 5.92 Å². The molecule has 2 heteroatoms. The lowest BCUT2D eigenvalue weighted by atomic mass is 9.85. The Morgan fingerprint density at radius 1 is 0.885 bits per heavy atom. The molecule has 2 aromatic carbocycles. The second-order valence-corrected chi connectivity index (χ2v) is 7.93. The van der Waals surface area contributed by atoms with Crippen LogP contribution < -0.4 is 0 Å². The van der Waals surface area contributed by atoms with Gasteiger partial charge in [-0.2, -0.15) is 0 Å². The van der Waals surface area contributed by atoms with E-state index < -0.39 is 0 Å². The maximum absolute atomic E-state index is 6.03. The second kappa shape index (κ2) is 8.24. The molecule has 0 saturated carbocycles. The van der Waals surface area contributed by atoms with Crippen LogP contribution in [-0.2, 0) is 0 Å². The number of benzene rings is 2. The van der Waals surface area contributed by atoms with Gasteiger partial charge in [-0.25, -0.2) is 0 Å². The SMILES string of the molecule is Clc1ccc(C2=CCCC(CN3CC=C(c4ccccc4)CC3)C2)cc1. The smallest absolute Gasteiger partial charge is 0.0406 e. The molecule has 0 spiro atoms. The van der Waals surface area contributed by atoms with Crippen LogP contribution in [0.2, 0.25) is 5.02 Å². The number of allylic oxidation sites excluding steroid dienone is 2. The summed E-state index contributed by atoms with van der Waals surface area (Å²) < 4.78 is 0. The zero-order valence-corrected chi connectivity index (χ0v) is 16.0. The van der Waals surface area contributed by atoms with Gasteiger partial charge in [0.15, 0.2) is 0 Å². The Labute approximate surface area is 162 Å². The first-order valence-corrected chi connectivity index (χ1v) is 10.1. The van der Waals surface area contributed by atoms with Crippen molar-refractivity contribution in [2.75, 3.05) is 19.6 Å². The third kappa shape index (κ3) is 4.28. The summed E-state index contributed by atoms with van der Waals surface area (Å²) in [5.74, 6) is 0.761. The van der Waals surface area contributed by atoms with E-state index >= 15 is 0 Å². The Morgan fingerprint density at radius 3 is 2.38 bits per heavy atom. The normalized spacial score (nSPS) is 21.2. The highest BCUT2D eigenvalue weighted by atomic mass is 35.5. The van der Waals surface area contributed by atoms with Crippen LogP contribution in [0.3, 0.4) is 0 Å². The van der Waals surface area contributed by atoms with Gasteiger partial charge < -0.3 is 0 Å². The number of hydrogen-bond acceptors (Lipinski definition) is 1. The Morgan fingerprint density at radius 2 is 1.65 bits per heavy atom. The van der Waals surface area contributed by atoms with Crippen molar-refractivity contribution in [3.63, 3.8) is 0 Å². The lowest BCUT2D eigenvalue weighted by molar-refractivity contribution is 0.244. The third-order valence-corrected chi connectivity index (χ3v) is 5.90. The van der Waals surface area contributed by atoms with Crippen molar-refractivity contribution < 1.29 is 0 Å². The van der Waals surface area contributed by atoms with Crippen LogP contribution in [-0.4, -0.2) is 24.5 Å². The molecule has 134 valence electrons. The molecule has 1 aliphatic heterocycles. The predicted molar refractivity (Wildman–Crippen MR) is 112 cm³/mol. The van der Waals surface area contributed by atoms with E-state index in [1.807, 2.05) is 12.1 Å². The molecule has 0 N–H and O–H groups in total. The molecular formula is C24H26ClN. The van der Waals surface area contributed by atoms with E-state index in [4.69, 9.17) is 11.6 Å². The van der Waals surface area contributed by atoms with Gasteiger partial charge in [0.25, 0.3) is 0 Å². The molecule has 0 saturated heterocycles. The molecule has 0 bridgehead atoms. The van der Waals surface area contributed by atoms with Crippen LogP contribution in [0.25, 0.3) is 11.1 Å². The van der Waals surface area contributed by atoms with Crippen molar-refractivity contribution in [3.8, 4) is 0 Å². The van der Waals surface area contributed by atoms with Crippen LogP contribution in [0, 0.1) is 5.92 Å². The molecule has 4 rings (SSSR count). The maximum Gasteiger partial charge on any atom is 0.0406 e. The van der Waals surface area contributed by atoms with E-state index in [0.717, 1.165) is 23.9 Å². The summed E-state index contributed by atoms with van der Waals surface area (Å²) in [4.78, 5) is 2.63. The first-order valence-electron chi connectivity index (χ1n) is 9.70. The summed E-state index contributed by atoms with van der Waals surface area (Å²) in [6, 6.07) is 19.1. The lowest BCUT2D eigenvalue weighted by Crippen LogP contribution is -2.33. The van der Waals surface area contributed by atoms with Crippen molar-refractivity contribution in [1.82, 2.24) is 4.90 Å². The van der Waals surface area contributed by atoms with Gasteiger partial charge in [-0.1, -0.05) is 66.2 Å². The lowest BCUT2D eigenvalue weighted by Gasteiger charge is -2.32. The fourth-order valence-corrected chi connectivity index (χ4v) is 4.33. The van der Waals surface area contributed by atoms with Crippen molar-refractivity contribution in [3.05, 3.63) is 82.9 Å². The first kappa shape index (κ1) is 17.6. The Balaban J connectivity index is 1.35. The Bertz CT molecular complexity index is 789. The standard InChI is InChI=1S/C24H26ClN/c25-24-11-9-21(10-12-24)23-8-4-5-19(17-23)18-26-15-13-22(14-16-26)20-6-2-1-3-7-20/h1-3,6-13,19H,4-5,14-18H2. The molecule has 26 heavy (non-hydrogen) atoms. The molecule has 0 aromatic heterocycles. The maximum atomic E-state index is 6.03. The first-order chi connectivity index (χ1) is 12.8. The molecule has 2 aromatic rings. The van der Waals surface area contributed by atoms with Gasteiger partial charge in [-0.3, -0.25) is 4.90 Å². The molecule has 1 atom stereocenters. The zero-order valence-electron chi connectivity index (χ0n) is 15.2. The van der Waals surface area contributed by atoms with E-state index in [9.17, 15) is 0 Å². The predicted octanol–water partition coefficient (Wildman–Crippen LogP) is 6.31. The highest BCUT2D eigenvalue weighted by molar-refractivity contribution is 6.30.